The van der Waals surface area contributed by atoms with Crippen LogP contribution < -0.4 is 10.1 Å². The number of fused-ring (bicyclic) bond motifs is 2. The van der Waals surface area contributed by atoms with E-state index in [9.17, 15) is 9.59 Å². The van der Waals surface area contributed by atoms with Crippen molar-refractivity contribution in [1.29, 1.82) is 0 Å². The summed E-state index contributed by atoms with van der Waals surface area (Å²) in [6.45, 7) is 1.77. The maximum Gasteiger partial charge on any atom is 0.339 e. The number of hydrogen-bond donors (Lipinski definition) is 1. The van der Waals surface area contributed by atoms with Crippen LogP contribution in [0.4, 0.5) is 5.13 Å². The van der Waals surface area contributed by atoms with Gasteiger partial charge in [-0.2, -0.15) is 0 Å². The molecule has 0 spiro atoms. The molecule has 0 atom stereocenters. The number of nitrogens with one attached hydrogen (secondary N) is 1. The number of para-hydroxylation sites is 1. The quantitative estimate of drug-likeness (QED) is 0.241. The van der Waals surface area contributed by atoms with Gasteiger partial charge in [-0.1, -0.05) is 60.7 Å². The Labute approximate surface area is 241 Å². The fourth-order valence-corrected chi connectivity index (χ4v) is 5.80. The van der Waals surface area contributed by atoms with Crippen molar-refractivity contribution in [1.82, 2.24) is 14.9 Å². The number of methoxy groups -OCH3 is 1. The molecule has 9 heteroatoms. The second-order valence-electron chi connectivity index (χ2n) is 9.77. The molecule has 5 aromatic rings. The van der Waals surface area contributed by atoms with Crippen molar-refractivity contribution in [3.05, 3.63) is 107 Å². The van der Waals surface area contributed by atoms with E-state index >= 15 is 0 Å². The topological polar surface area (TPSA) is 93.6 Å². The highest BCUT2D eigenvalue weighted by atomic mass is 32.1. The molecule has 0 bridgehead atoms. The summed E-state index contributed by atoms with van der Waals surface area (Å²) in [6.07, 6.45) is 0.730. The molecule has 6 rings (SSSR count). The number of carbonyl (C=O) groups is 2. The van der Waals surface area contributed by atoms with E-state index in [0.717, 1.165) is 58.7 Å². The Morgan fingerprint density at radius 1 is 1.00 bits per heavy atom. The van der Waals surface area contributed by atoms with E-state index in [1.54, 1.807) is 7.11 Å². The molecule has 0 aliphatic carbocycles. The van der Waals surface area contributed by atoms with Crippen LogP contribution >= 0.6 is 11.3 Å². The van der Waals surface area contributed by atoms with Crippen LogP contribution in [0.25, 0.3) is 22.2 Å². The Hall–Kier alpha value is -4.60. The molecule has 1 aliphatic rings. The first-order valence-corrected chi connectivity index (χ1v) is 14.2. The van der Waals surface area contributed by atoms with E-state index < -0.39 is 18.5 Å². The van der Waals surface area contributed by atoms with Gasteiger partial charge in [-0.15, -0.1) is 11.3 Å². The van der Waals surface area contributed by atoms with Crippen molar-refractivity contribution in [2.45, 2.75) is 19.5 Å². The van der Waals surface area contributed by atoms with Gasteiger partial charge in [-0.25, -0.2) is 9.78 Å². The number of hydrogen-bond acceptors (Lipinski definition) is 8. The summed E-state index contributed by atoms with van der Waals surface area (Å²) in [4.78, 5) is 37.9. The standard InChI is InChI=1S/C32H28N4O4S/c1-39-23-11-7-10-22(16-23)28-20-41-32(34-28)35-29(37)19-40-31(38)30-24-12-5-6-13-26(24)33-27-14-15-36(18-25(27)30)17-21-8-3-2-4-9-21/h2-13,16,20H,14-15,17-19H2,1H3,(H,34,35,37). The predicted molar refractivity (Wildman–Crippen MR) is 159 cm³/mol. The number of thiazole rings is 1. The van der Waals surface area contributed by atoms with Gasteiger partial charge < -0.3 is 9.47 Å². The van der Waals surface area contributed by atoms with Crippen molar-refractivity contribution in [3.63, 3.8) is 0 Å². The lowest BCUT2D eigenvalue weighted by atomic mass is 9.95. The van der Waals surface area contributed by atoms with E-state index in [2.05, 4.69) is 27.3 Å². The lowest BCUT2D eigenvalue weighted by Crippen LogP contribution is -2.32. The summed E-state index contributed by atoms with van der Waals surface area (Å²) in [5.74, 6) is -0.266. The Kier molecular flexibility index (Phi) is 7.71. The average Bonchev–Trinajstić information content (AvgIpc) is 3.47. The van der Waals surface area contributed by atoms with E-state index in [-0.39, 0.29) is 0 Å². The third kappa shape index (κ3) is 5.96. The zero-order valence-corrected chi connectivity index (χ0v) is 23.3. The van der Waals surface area contributed by atoms with Gasteiger partial charge in [0, 0.05) is 53.6 Å². The van der Waals surface area contributed by atoms with Crippen molar-refractivity contribution < 1.29 is 19.1 Å². The molecule has 1 N–H and O–H groups in total. The van der Waals surface area contributed by atoms with Crippen molar-refractivity contribution in [2.24, 2.45) is 0 Å². The van der Waals surface area contributed by atoms with Crippen LogP contribution in [0.5, 0.6) is 5.75 Å². The first-order valence-electron chi connectivity index (χ1n) is 13.3. The van der Waals surface area contributed by atoms with Crippen LogP contribution in [0, 0.1) is 0 Å². The van der Waals surface area contributed by atoms with Gasteiger partial charge in [-0.05, 0) is 23.8 Å². The molecule has 2 aromatic heterocycles. The van der Waals surface area contributed by atoms with Crippen LogP contribution in [0.15, 0.2) is 84.2 Å². The molecule has 0 saturated heterocycles. The maximum absolute atomic E-state index is 13.5. The SMILES string of the molecule is COc1cccc(-c2csc(NC(=O)COC(=O)c3c4c(nc5ccccc35)CCN(Cc3ccccc3)C4)n2)c1. The van der Waals surface area contributed by atoms with E-state index in [1.807, 2.05) is 72.1 Å². The summed E-state index contributed by atoms with van der Waals surface area (Å²) >= 11 is 1.30. The number of amides is 1. The largest absolute Gasteiger partial charge is 0.497 e. The van der Waals surface area contributed by atoms with Crippen molar-refractivity contribution >= 4 is 39.2 Å². The second-order valence-corrected chi connectivity index (χ2v) is 10.6. The summed E-state index contributed by atoms with van der Waals surface area (Å²) in [6, 6.07) is 25.4. The molecular formula is C32H28N4O4S. The molecular weight excluding hydrogens is 536 g/mol. The normalized spacial score (nSPS) is 13.0. The van der Waals surface area contributed by atoms with Gasteiger partial charge in [0.1, 0.15) is 5.75 Å². The fourth-order valence-electron chi connectivity index (χ4n) is 5.06. The third-order valence-electron chi connectivity index (χ3n) is 7.03. The zero-order chi connectivity index (χ0) is 28.2. The number of rotatable bonds is 8. The van der Waals surface area contributed by atoms with Crippen LogP contribution in [-0.2, 0) is 29.0 Å². The minimum atomic E-state index is -0.534. The molecule has 8 nitrogen and oxygen atoms in total. The van der Waals surface area contributed by atoms with E-state index in [0.29, 0.717) is 17.2 Å². The molecule has 0 fully saturated rings. The van der Waals surface area contributed by atoms with Crippen molar-refractivity contribution in [3.8, 4) is 17.0 Å². The van der Waals surface area contributed by atoms with E-state index in [1.165, 1.54) is 16.9 Å². The molecule has 0 radical (unpaired) electrons. The summed E-state index contributed by atoms with van der Waals surface area (Å²) in [5, 5.41) is 5.74. The minimum absolute atomic E-state index is 0.423. The van der Waals surface area contributed by atoms with Crippen LogP contribution in [0.2, 0.25) is 0 Å². The highest BCUT2D eigenvalue weighted by molar-refractivity contribution is 7.14. The number of ether oxygens (including phenoxy) is 2. The zero-order valence-electron chi connectivity index (χ0n) is 22.5. The lowest BCUT2D eigenvalue weighted by Gasteiger charge is -2.30. The number of carbonyl (C=O) groups excluding carboxylic acids is 2. The third-order valence-corrected chi connectivity index (χ3v) is 7.79. The molecule has 1 amide bonds. The number of aromatic nitrogens is 2. The van der Waals surface area contributed by atoms with Gasteiger partial charge in [0.15, 0.2) is 11.7 Å². The van der Waals surface area contributed by atoms with Crippen molar-refractivity contribution in [2.75, 3.05) is 25.6 Å². The molecule has 41 heavy (non-hydrogen) atoms. The predicted octanol–water partition coefficient (Wildman–Crippen LogP) is 5.72. The minimum Gasteiger partial charge on any atom is -0.497 e. The smallest absolute Gasteiger partial charge is 0.339 e. The summed E-state index contributed by atoms with van der Waals surface area (Å²) in [7, 11) is 1.61. The Morgan fingerprint density at radius 2 is 1.83 bits per heavy atom. The van der Waals surface area contributed by atoms with Crippen LogP contribution in [-0.4, -0.2) is 47.0 Å². The Morgan fingerprint density at radius 3 is 2.68 bits per heavy atom. The molecule has 3 heterocycles. The second kappa shape index (κ2) is 11.9. The average molecular weight is 565 g/mol. The fraction of sp³-hybridized carbons (Fsp3) is 0.188. The number of esters is 1. The van der Waals surface area contributed by atoms with Gasteiger partial charge in [0.05, 0.1) is 23.9 Å². The summed E-state index contributed by atoms with van der Waals surface area (Å²) in [5.41, 5.74) is 5.79. The lowest BCUT2D eigenvalue weighted by molar-refractivity contribution is -0.119. The maximum atomic E-state index is 13.5. The number of pyridine rings is 1. The first-order chi connectivity index (χ1) is 20.1. The number of anilines is 1. The van der Waals surface area contributed by atoms with Crippen LogP contribution in [0.3, 0.4) is 0 Å². The number of benzene rings is 3. The molecule has 3 aromatic carbocycles. The van der Waals surface area contributed by atoms with Gasteiger partial charge in [-0.3, -0.25) is 20.0 Å². The molecule has 0 unspecified atom stereocenters. The Balaban J connectivity index is 1.17. The molecule has 0 saturated carbocycles. The molecule has 206 valence electrons. The highest BCUT2D eigenvalue weighted by Crippen LogP contribution is 2.30. The Bertz CT molecular complexity index is 1720. The number of nitrogens with zero attached hydrogens (tertiary/aromatic N) is 3. The highest BCUT2D eigenvalue weighted by Gasteiger charge is 2.27. The molecule has 1 aliphatic heterocycles. The first kappa shape index (κ1) is 26.6. The monoisotopic (exact) mass is 564 g/mol. The van der Waals surface area contributed by atoms with E-state index in [4.69, 9.17) is 14.5 Å². The van der Waals surface area contributed by atoms with Crippen LogP contribution in [0.1, 0.15) is 27.2 Å². The summed E-state index contributed by atoms with van der Waals surface area (Å²) < 4.78 is 10.9. The van der Waals surface area contributed by atoms with Gasteiger partial charge >= 0.3 is 5.97 Å². The van der Waals surface area contributed by atoms with Gasteiger partial charge in [0.2, 0.25) is 0 Å². The van der Waals surface area contributed by atoms with Gasteiger partial charge in [0.25, 0.3) is 5.91 Å².